The number of aldehydes is 1. The molecule has 0 aromatic carbocycles. The van der Waals surface area contributed by atoms with Gasteiger partial charge in [0.1, 0.15) is 6.29 Å². The monoisotopic (exact) mass is 167 g/mol. The standard InChI is InChI=1S/C8H6ClNO/c9-7-3-1-5-10-8(7)4-2-6-11/h1-6H. The maximum Gasteiger partial charge on any atom is 0.142 e. The Morgan fingerprint density at radius 1 is 1.55 bits per heavy atom. The van der Waals surface area contributed by atoms with Gasteiger partial charge >= 0.3 is 0 Å². The van der Waals surface area contributed by atoms with Crippen LogP contribution in [0.4, 0.5) is 0 Å². The predicted octanol–water partition coefficient (Wildman–Crippen LogP) is 1.95. The van der Waals surface area contributed by atoms with Crippen LogP contribution in [-0.4, -0.2) is 11.3 Å². The van der Waals surface area contributed by atoms with Crippen molar-refractivity contribution in [2.75, 3.05) is 0 Å². The largest absolute Gasteiger partial charge is 0.299 e. The summed E-state index contributed by atoms with van der Waals surface area (Å²) >= 11 is 5.73. The van der Waals surface area contributed by atoms with E-state index < -0.39 is 0 Å². The predicted molar refractivity (Wildman–Crippen MR) is 44.3 cm³/mol. The number of carbonyl (C=O) groups is 1. The van der Waals surface area contributed by atoms with Gasteiger partial charge in [0.15, 0.2) is 0 Å². The zero-order valence-electron chi connectivity index (χ0n) is 5.70. The minimum Gasteiger partial charge on any atom is -0.299 e. The van der Waals surface area contributed by atoms with Crippen molar-refractivity contribution in [3.63, 3.8) is 0 Å². The van der Waals surface area contributed by atoms with Gasteiger partial charge in [-0.2, -0.15) is 0 Å². The quantitative estimate of drug-likeness (QED) is 0.498. The van der Waals surface area contributed by atoms with E-state index in [-0.39, 0.29) is 0 Å². The summed E-state index contributed by atoms with van der Waals surface area (Å²) in [5.41, 5.74) is 0.612. The number of hydrogen-bond acceptors (Lipinski definition) is 2. The van der Waals surface area contributed by atoms with Crippen LogP contribution in [0.15, 0.2) is 24.4 Å². The van der Waals surface area contributed by atoms with Crippen LogP contribution in [0.5, 0.6) is 0 Å². The topological polar surface area (TPSA) is 30.0 Å². The van der Waals surface area contributed by atoms with Crippen molar-refractivity contribution in [2.45, 2.75) is 0 Å². The Morgan fingerprint density at radius 3 is 3.00 bits per heavy atom. The summed E-state index contributed by atoms with van der Waals surface area (Å²) in [5, 5.41) is 0.547. The van der Waals surface area contributed by atoms with Crippen molar-refractivity contribution in [2.24, 2.45) is 0 Å². The van der Waals surface area contributed by atoms with Gasteiger partial charge in [0.25, 0.3) is 0 Å². The molecule has 0 aliphatic rings. The summed E-state index contributed by atoms with van der Waals surface area (Å²) in [5.74, 6) is 0. The normalized spacial score (nSPS) is 10.3. The summed E-state index contributed by atoms with van der Waals surface area (Å²) in [6.07, 6.45) is 5.23. The van der Waals surface area contributed by atoms with E-state index in [9.17, 15) is 4.79 Å². The van der Waals surface area contributed by atoms with Crippen molar-refractivity contribution in [3.05, 3.63) is 35.1 Å². The van der Waals surface area contributed by atoms with Gasteiger partial charge in [0.2, 0.25) is 0 Å². The molecule has 1 aromatic heterocycles. The van der Waals surface area contributed by atoms with Gasteiger partial charge in [-0.25, -0.2) is 0 Å². The second kappa shape index (κ2) is 3.88. The molecule has 0 spiro atoms. The molecule has 0 saturated heterocycles. The minimum atomic E-state index is 0.547. The number of hydrogen-bond donors (Lipinski definition) is 0. The van der Waals surface area contributed by atoms with Gasteiger partial charge in [-0.05, 0) is 24.3 Å². The molecule has 0 aliphatic heterocycles. The summed E-state index contributed by atoms with van der Waals surface area (Å²) in [4.78, 5) is 13.9. The fourth-order valence-corrected chi connectivity index (χ4v) is 0.835. The van der Waals surface area contributed by atoms with E-state index in [1.165, 1.54) is 6.08 Å². The lowest BCUT2D eigenvalue weighted by atomic mass is 10.3. The lowest BCUT2D eigenvalue weighted by Crippen LogP contribution is -1.79. The molecule has 0 amide bonds. The van der Waals surface area contributed by atoms with Gasteiger partial charge in [-0.15, -0.1) is 0 Å². The van der Waals surface area contributed by atoms with Crippen molar-refractivity contribution in [3.8, 4) is 0 Å². The van der Waals surface area contributed by atoms with Gasteiger partial charge in [0, 0.05) is 6.20 Å². The third-order valence-electron chi connectivity index (χ3n) is 1.12. The van der Waals surface area contributed by atoms with Crippen molar-refractivity contribution < 1.29 is 4.79 Å². The van der Waals surface area contributed by atoms with Crippen LogP contribution >= 0.6 is 11.6 Å². The first kappa shape index (κ1) is 7.95. The van der Waals surface area contributed by atoms with Crippen LogP contribution in [0.3, 0.4) is 0 Å². The van der Waals surface area contributed by atoms with E-state index in [2.05, 4.69) is 4.98 Å². The highest BCUT2D eigenvalue weighted by Crippen LogP contribution is 2.12. The van der Waals surface area contributed by atoms with Crippen LogP contribution in [-0.2, 0) is 4.79 Å². The van der Waals surface area contributed by atoms with Crippen molar-refractivity contribution >= 4 is 24.0 Å². The molecular weight excluding hydrogens is 162 g/mol. The highest BCUT2D eigenvalue weighted by molar-refractivity contribution is 6.31. The number of carbonyl (C=O) groups excluding carboxylic acids is 1. The first-order valence-electron chi connectivity index (χ1n) is 3.07. The van der Waals surface area contributed by atoms with Crippen LogP contribution in [0.2, 0.25) is 5.02 Å². The van der Waals surface area contributed by atoms with Crippen molar-refractivity contribution in [1.82, 2.24) is 4.98 Å². The molecule has 2 nitrogen and oxygen atoms in total. The third-order valence-corrected chi connectivity index (χ3v) is 1.44. The Labute approximate surface area is 69.5 Å². The highest BCUT2D eigenvalue weighted by Gasteiger charge is 1.92. The molecule has 0 radical (unpaired) electrons. The fourth-order valence-electron chi connectivity index (χ4n) is 0.651. The molecule has 0 bridgehead atoms. The van der Waals surface area contributed by atoms with Crippen LogP contribution in [0.25, 0.3) is 6.08 Å². The summed E-state index contributed by atoms with van der Waals surface area (Å²) in [6.45, 7) is 0. The number of aromatic nitrogens is 1. The van der Waals surface area contributed by atoms with Crippen LogP contribution in [0.1, 0.15) is 5.69 Å². The minimum absolute atomic E-state index is 0.547. The molecule has 56 valence electrons. The van der Waals surface area contributed by atoms with E-state index in [0.717, 1.165) is 0 Å². The van der Waals surface area contributed by atoms with E-state index in [1.54, 1.807) is 24.4 Å². The number of halogens is 1. The third kappa shape index (κ3) is 2.16. The second-order valence-corrected chi connectivity index (χ2v) is 2.27. The Kier molecular flexibility index (Phi) is 2.81. The van der Waals surface area contributed by atoms with Gasteiger partial charge in [-0.1, -0.05) is 11.6 Å². The first-order valence-corrected chi connectivity index (χ1v) is 3.45. The molecule has 11 heavy (non-hydrogen) atoms. The average molecular weight is 168 g/mol. The molecule has 1 aromatic rings. The van der Waals surface area contributed by atoms with E-state index in [4.69, 9.17) is 11.6 Å². The molecule has 1 rings (SSSR count). The summed E-state index contributed by atoms with van der Waals surface area (Å²) in [7, 11) is 0. The SMILES string of the molecule is O=CC=Cc1ncccc1Cl. The number of pyridine rings is 1. The Balaban J connectivity index is 2.94. The molecule has 1 heterocycles. The molecule has 0 N–H and O–H groups in total. The first-order chi connectivity index (χ1) is 5.34. The smallest absolute Gasteiger partial charge is 0.142 e. The van der Waals surface area contributed by atoms with Crippen molar-refractivity contribution in [1.29, 1.82) is 0 Å². The molecule has 0 atom stereocenters. The summed E-state index contributed by atoms with van der Waals surface area (Å²) < 4.78 is 0. The Bertz CT molecular complexity index is 283. The number of nitrogens with zero attached hydrogens (tertiary/aromatic N) is 1. The molecule has 0 fully saturated rings. The zero-order chi connectivity index (χ0) is 8.10. The maximum absolute atomic E-state index is 9.93. The summed E-state index contributed by atoms with van der Waals surface area (Å²) in [6, 6.07) is 3.46. The second-order valence-electron chi connectivity index (χ2n) is 1.87. The lowest BCUT2D eigenvalue weighted by Gasteiger charge is -1.92. The van der Waals surface area contributed by atoms with E-state index >= 15 is 0 Å². The van der Waals surface area contributed by atoms with E-state index in [0.29, 0.717) is 17.0 Å². The van der Waals surface area contributed by atoms with Crippen LogP contribution < -0.4 is 0 Å². The molecule has 0 saturated carbocycles. The number of rotatable bonds is 2. The Hall–Kier alpha value is -1.15. The molecular formula is C8H6ClNO. The fraction of sp³-hybridized carbons (Fsp3) is 0. The van der Waals surface area contributed by atoms with Gasteiger partial charge in [0.05, 0.1) is 10.7 Å². The Morgan fingerprint density at radius 2 is 2.36 bits per heavy atom. The maximum atomic E-state index is 9.93. The molecule has 3 heteroatoms. The van der Waals surface area contributed by atoms with Crippen LogP contribution in [0, 0.1) is 0 Å². The zero-order valence-corrected chi connectivity index (χ0v) is 6.45. The van der Waals surface area contributed by atoms with Gasteiger partial charge in [-0.3, -0.25) is 9.78 Å². The molecule has 0 unspecified atom stereocenters. The lowest BCUT2D eigenvalue weighted by molar-refractivity contribution is -0.104. The van der Waals surface area contributed by atoms with E-state index in [1.807, 2.05) is 0 Å². The molecule has 0 aliphatic carbocycles. The number of allylic oxidation sites excluding steroid dienone is 1. The highest BCUT2D eigenvalue weighted by atomic mass is 35.5. The van der Waals surface area contributed by atoms with Gasteiger partial charge < -0.3 is 0 Å². The average Bonchev–Trinajstić information content (AvgIpc) is 2.03.